The van der Waals surface area contributed by atoms with E-state index in [0.29, 0.717) is 36.2 Å². The van der Waals surface area contributed by atoms with Gasteiger partial charge in [0.05, 0.1) is 6.61 Å². The van der Waals surface area contributed by atoms with Crippen LogP contribution in [0, 0.1) is 0 Å². The Balaban J connectivity index is 1.66. The fourth-order valence-corrected chi connectivity index (χ4v) is 3.82. The lowest BCUT2D eigenvalue weighted by atomic mass is 10.1. The van der Waals surface area contributed by atoms with Crippen LogP contribution in [0.1, 0.15) is 16.7 Å². The van der Waals surface area contributed by atoms with Crippen LogP contribution >= 0.6 is 23.2 Å². The molecule has 0 aliphatic heterocycles. The number of nitrogens with zero attached hydrogens (tertiary/aromatic N) is 2. The van der Waals surface area contributed by atoms with Crippen molar-refractivity contribution >= 4 is 34.8 Å². The second-order valence-corrected chi connectivity index (χ2v) is 8.68. The number of hydrogen-bond donors (Lipinski definition) is 0. The summed E-state index contributed by atoms with van der Waals surface area (Å²) < 4.78 is 5.70. The molecule has 0 heterocycles. The lowest BCUT2D eigenvalue weighted by Crippen LogP contribution is -2.35. The molecule has 3 rings (SSSR count). The van der Waals surface area contributed by atoms with Crippen LogP contribution in [0.15, 0.2) is 72.8 Å². The topological polar surface area (TPSA) is 32.8 Å². The molecule has 0 radical (unpaired) electrons. The molecule has 3 aromatic carbocycles. The first-order chi connectivity index (χ1) is 15.4. The number of amides is 1. The minimum Gasteiger partial charge on any atom is -0.378 e. The molecule has 4 nitrogen and oxygen atoms in total. The van der Waals surface area contributed by atoms with E-state index in [9.17, 15) is 4.79 Å². The molecule has 0 saturated heterocycles. The monoisotopic (exact) mass is 470 g/mol. The molecule has 0 spiro atoms. The maximum absolute atomic E-state index is 13.0. The maximum Gasteiger partial charge on any atom is 0.248 e. The molecule has 0 fully saturated rings. The average Bonchev–Trinajstić information content (AvgIpc) is 2.78. The van der Waals surface area contributed by atoms with Crippen LogP contribution < -0.4 is 4.90 Å². The first-order valence-electron chi connectivity index (χ1n) is 10.5. The number of carbonyl (C=O) groups excluding carboxylic acids is 1. The van der Waals surface area contributed by atoms with Crippen molar-refractivity contribution in [2.24, 2.45) is 0 Å². The largest absolute Gasteiger partial charge is 0.378 e. The number of carbonyl (C=O) groups is 1. The Morgan fingerprint density at radius 2 is 1.62 bits per heavy atom. The van der Waals surface area contributed by atoms with Gasteiger partial charge in [0.25, 0.3) is 0 Å². The Labute approximate surface area is 200 Å². The van der Waals surface area contributed by atoms with Gasteiger partial charge in [-0.15, -0.1) is 0 Å². The zero-order valence-electron chi connectivity index (χ0n) is 18.4. The molecule has 0 aromatic heterocycles. The number of anilines is 1. The summed E-state index contributed by atoms with van der Waals surface area (Å²) in [6.07, 6.45) is 0.635. The molecule has 0 bridgehead atoms. The van der Waals surface area contributed by atoms with Gasteiger partial charge >= 0.3 is 0 Å². The molecule has 0 atom stereocenters. The van der Waals surface area contributed by atoms with Gasteiger partial charge in [0, 0.05) is 42.9 Å². The summed E-state index contributed by atoms with van der Waals surface area (Å²) in [5, 5.41) is 1.21. The predicted molar refractivity (Wildman–Crippen MR) is 132 cm³/mol. The standard InChI is InChI=1S/C26H28Cl2N2O2/c1-29(2)24-12-8-20(9-13-24)17-30(15-14-22-10-11-23(27)16-25(22)28)26(31)19-32-18-21-6-4-3-5-7-21/h3-13,16H,14-15,17-19H2,1-2H3. The first-order valence-corrected chi connectivity index (χ1v) is 11.3. The number of hydrogen-bond acceptors (Lipinski definition) is 3. The summed E-state index contributed by atoms with van der Waals surface area (Å²) >= 11 is 12.3. The average molecular weight is 471 g/mol. The molecule has 0 saturated carbocycles. The Morgan fingerprint density at radius 3 is 2.28 bits per heavy atom. The van der Waals surface area contributed by atoms with Gasteiger partial charge in [0.2, 0.25) is 5.91 Å². The second kappa shape index (κ2) is 11.9. The summed E-state index contributed by atoms with van der Waals surface area (Å²) in [6.45, 7) is 1.47. The Hall–Kier alpha value is -2.53. The summed E-state index contributed by atoms with van der Waals surface area (Å²) in [5.41, 5.74) is 4.18. The molecule has 0 N–H and O–H groups in total. The molecular formula is C26H28Cl2N2O2. The van der Waals surface area contributed by atoms with Crippen molar-refractivity contribution in [2.75, 3.05) is 32.1 Å². The van der Waals surface area contributed by atoms with Gasteiger partial charge in [-0.05, 0) is 47.4 Å². The molecule has 3 aromatic rings. The SMILES string of the molecule is CN(C)c1ccc(CN(CCc2ccc(Cl)cc2Cl)C(=O)COCc2ccccc2)cc1. The second-order valence-electron chi connectivity index (χ2n) is 7.84. The smallest absolute Gasteiger partial charge is 0.248 e. The fourth-order valence-electron chi connectivity index (χ4n) is 3.31. The number of halogens is 2. The van der Waals surface area contributed by atoms with Crippen LogP contribution in [0.2, 0.25) is 10.0 Å². The van der Waals surface area contributed by atoms with E-state index >= 15 is 0 Å². The molecule has 0 aliphatic rings. The zero-order chi connectivity index (χ0) is 22.9. The highest BCUT2D eigenvalue weighted by Crippen LogP contribution is 2.22. The van der Waals surface area contributed by atoms with Crippen LogP contribution in [-0.4, -0.2) is 38.1 Å². The molecule has 1 amide bonds. The lowest BCUT2D eigenvalue weighted by Gasteiger charge is -2.24. The van der Waals surface area contributed by atoms with Crippen molar-refractivity contribution in [3.8, 4) is 0 Å². The van der Waals surface area contributed by atoms with E-state index < -0.39 is 0 Å². The van der Waals surface area contributed by atoms with Gasteiger partial charge in [-0.3, -0.25) is 4.79 Å². The normalized spacial score (nSPS) is 10.8. The Kier molecular flexibility index (Phi) is 8.98. The highest BCUT2D eigenvalue weighted by Gasteiger charge is 2.16. The summed E-state index contributed by atoms with van der Waals surface area (Å²) in [5.74, 6) is -0.0531. The third kappa shape index (κ3) is 7.27. The molecule has 32 heavy (non-hydrogen) atoms. The molecular weight excluding hydrogens is 443 g/mol. The van der Waals surface area contributed by atoms with E-state index in [-0.39, 0.29) is 12.5 Å². The van der Waals surface area contributed by atoms with Crippen molar-refractivity contribution in [3.05, 3.63) is 99.5 Å². The van der Waals surface area contributed by atoms with Crippen LogP contribution in [-0.2, 0) is 29.1 Å². The van der Waals surface area contributed by atoms with E-state index in [1.54, 1.807) is 6.07 Å². The van der Waals surface area contributed by atoms with E-state index in [2.05, 4.69) is 24.3 Å². The highest BCUT2D eigenvalue weighted by molar-refractivity contribution is 6.35. The minimum atomic E-state index is -0.0531. The van der Waals surface area contributed by atoms with Gasteiger partial charge in [0.1, 0.15) is 6.61 Å². The van der Waals surface area contributed by atoms with Crippen LogP contribution in [0.3, 0.4) is 0 Å². The van der Waals surface area contributed by atoms with E-state index in [4.69, 9.17) is 27.9 Å². The third-order valence-electron chi connectivity index (χ3n) is 5.18. The van der Waals surface area contributed by atoms with E-state index in [1.165, 1.54) is 0 Å². The van der Waals surface area contributed by atoms with Gasteiger partial charge in [-0.1, -0.05) is 71.7 Å². The number of benzene rings is 3. The molecule has 168 valence electrons. The third-order valence-corrected chi connectivity index (χ3v) is 5.77. The number of rotatable bonds is 10. The fraction of sp³-hybridized carbons (Fsp3) is 0.269. The Morgan fingerprint density at radius 1 is 0.906 bits per heavy atom. The molecule has 0 unspecified atom stereocenters. The zero-order valence-corrected chi connectivity index (χ0v) is 19.9. The number of ether oxygens (including phenoxy) is 1. The van der Waals surface area contributed by atoms with Crippen molar-refractivity contribution in [3.63, 3.8) is 0 Å². The summed E-state index contributed by atoms with van der Waals surface area (Å²) in [6, 6.07) is 23.5. The van der Waals surface area contributed by atoms with Gasteiger partial charge < -0.3 is 14.5 Å². The van der Waals surface area contributed by atoms with E-state index in [0.717, 1.165) is 22.4 Å². The first kappa shape index (κ1) is 24.1. The minimum absolute atomic E-state index is 0.0268. The van der Waals surface area contributed by atoms with Crippen LogP contribution in [0.4, 0.5) is 5.69 Å². The Bertz CT molecular complexity index is 1010. The van der Waals surface area contributed by atoms with Crippen molar-refractivity contribution in [1.29, 1.82) is 0 Å². The molecule has 6 heteroatoms. The van der Waals surface area contributed by atoms with Gasteiger partial charge in [-0.25, -0.2) is 0 Å². The quantitative estimate of drug-likeness (QED) is 0.372. The van der Waals surface area contributed by atoms with Crippen molar-refractivity contribution in [2.45, 2.75) is 19.6 Å². The summed E-state index contributed by atoms with van der Waals surface area (Å²) in [4.78, 5) is 16.9. The van der Waals surface area contributed by atoms with Crippen LogP contribution in [0.25, 0.3) is 0 Å². The van der Waals surface area contributed by atoms with Crippen molar-refractivity contribution in [1.82, 2.24) is 4.90 Å². The summed E-state index contributed by atoms with van der Waals surface area (Å²) in [7, 11) is 4.01. The van der Waals surface area contributed by atoms with Crippen molar-refractivity contribution < 1.29 is 9.53 Å². The lowest BCUT2D eigenvalue weighted by molar-refractivity contribution is -0.137. The van der Waals surface area contributed by atoms with Gasteiger partial charge in [0.15, 0.2) is 0 Å². The molecule has 0 aliphatic carbocycles. The van der Waals surface area contributed by atoms with Crippen LogP contribution in [0.5, 0.6) is 0 Å². The maximum atomic E-state index is 13.0. The van der Waals surface area contributed by atoms with Gasteiger partial charge in [-0.2, -0.15) is 0 Å². The predicted octanol–water partition coefficient (Wildman–Crippen LogP) is 5.85. The highest BCUT2D eigenvalue weighted by atomic mass is 35.5. The van der Waals surface area contributed by atoms with E-state index in [1.807, 2.05) is 66.4 Å².